The second-order valence-electron chi connectivity index (χ2n) is 4.60. The third kappa shape index (κ3) is 3.36. The molecule has 0 atom stereocenters. The number of thiazole rings is 1. The van der Waals surface area contributed by atoms with E-state index in [0.717, 1.165) is 43.5 Å². The van der Waals surface area contributed by atoms with E-state index in [1.54, 1.807) is 11.3 Å². The van der Waals surface area contributed by atoms with Crippen LogP contribution in [0, 0.1) is 0 Å². The second kappa shape index (κ2) is 6.95. The number of ether oxygens (including phenoxy) is 1. The molecule has 0 amide bonds. The van der Waals surface area contributed by atoms with Gasteiger partial charge in [-0.1, -0.05) is 11.3 Å². The Hall–Kier alpha value is -0.810. The van der Waals surface area contributed by atoms with Gasteiger partial charge < -0.3 is 15.4 Å². The van der Waals surface area contributed by atoms with Crippen LogP contribution < -0.4 is 15.4 Å². The Morgan fingerprint density at radius 3 is 2.78 bits per heavy atom. The van der Waals surface area contributed by atoms with Gasteiger partial charge in [0.25, 0.3) is 0 Å². The lowest BCUT2D eigenvalue weighted by molar-refractivity contribution is 0.325. The quantitative estimate of drug-likeness (QED) is 0.861. The zero-order valence-corrected chi connectivity index (χ0v) is 12.0. The van der Waals surface area contributed by atoms with Gasteiger partial charge in [-0.15, -0.1) is 0 Å². The Labute approximate surface area is 113 Å². The monoisotopic (exact) mass is 269 g/mol. The summed E-state index contributed by atoms with van der Waals surface area (Å²) in [6.45, 7) is 5.68. The van der Waals surface area contributed by atoms with Crippen LogP contribution in [0.2, 0.25) is 0 Å². The molecule has 0 spiro atoms. The summed E-state index contributed by atoms with van der Waals surface area (Å²) >= 11 is 1.78. The molecule has 0 aromatic carbocycles. The largest absolute Gasteiger partial charge is 0.477 e. The standard InChI is InChI=1S/C13H23N3OS/c1-2-17-12-11(7-6-8-14)18-13(15-12)16-9-4-3-5-10-16/h2-10,14H2,1H3. The Morgan fingerprint density at radius 2 is 2.11 bits per heavy atom. The van der Waals surface area contributed by atoms with Crippen molar-refractivity contribution in [3.05, 3.63) is 4.88 Å². The van der Waals surface area contributed by atoms with E-state index in [2.05, 4.69) is 9.88 Å². The number of nitrogens with zero attached hydrogens (tertiary/aromatic N) is 2. The lowest BCUT2D eigenvalue weighted by Gasteiger charge is -2.25. The first-order valence-corrected chi connectivity index (χ1v) is 7.74. The van der Waals surface area contributed by atoms with E-state index in [1.165, 1.54) is 24.1 Å². The van der Waals surface area contributed by atoms with Crippen LogP contribution in [0.4, 0.5) is 5.13 Å². The van der Waals surface area contributed by atoms with Crippen molar-refractivity contribution in [2.24, 2.45) is 5.73 Å². The highest BCUT2D eigenvalue weighted by Gasteiger charge is 2.18. The van der Waals surface area contributed by atoms with Crippen LogP contribution in [0.5, 0.6) is 5.88 Å². The van der Waals surface area contributed by atoms with Crippen molar-refractivity contribution < 1.29 is 4.74 Å². The van der Waals surface area contributed by atoms with Gasteiger partial charge in [-0.05, 0) is 45.6 Å². The normalized spacial score (nSPS) is 16.0. The second-order valence-corrected chi connectivity index (χ2v) is 5.66. The third-order valence-corrected chi connectivity index (χ3v) is 4.32. The first-order valence-electron chi connectivity index (χ1n) is 6.92. The van der Waals surface area contributed by atoms with E-state index in [-0.39, 0.29) is 0 Å². The number of anilines is 1. The van der Waals surface area contributed by atoms with E-state index in [4.69, 9.17) is 10.5 Å². The molecule has 1 aromatic rings. The number of aryl methyl sites for hydroxylation is 1. The van der Waals surface area contributed by atoms with Crippen molar-refractivity contribution in [2.75, 3.05) is 31.1 Å². The molecule has 1 aliphatic heterocycles. The molecule has 1 saturated heterocycles. The van der Waals surface area contributed by atoms with Crippen LogP contribution in [0.3, 0.4) is 0 Å². The van der Waals surface area contributed by atoms with Gasteiger partial charge in [0.05, 0.1) is 11.5 Å². The molecule has 0 saturated carbocycles. The predicted molar refractivity (Wildman–Crippen MR) is 76.7 cm³/mol. The molecule has 2 heterocycles. The molecular weight excluding hydrogens is 246 g/mol. The van der Waals surface area contributed by atoms with Crippen molar-refractivity contribution >= 4 is 16.5 Å². The topological polar surface area (TPSA) is 51.4 Å². The minimum absolute atomic E-state index is 0.679. The molecular formula is C13H23N3OS. The average molecular weight is 269 g/mol. The van der Waals surface area contributed by atoms with Crippen LogP contribution in [0.1, 0.15) is 37.5 Å². The fourth-order valence-electron chi connectivity index (χ4n) is 2.22. The molecule has 2 N–H and O–H groups in total. The maximum Gasteiger partial charge on any atom is 0.229 e. The summed E-state index contributed by atoms with van der Waals surface area (Å²) < 4.78 is 5.64. The fourth-order valence-corrected chi connectivity index (χ4v) is 3.32. The van der Waals surface area contributed by atoms with Crippen molar-refractivity contribution in [3.63, 3.8) is 0 Å². The number of piperidine rings is 1. The number of hydrogen-bond donors (Lipinski definition) is 1. The average Bonchev–Trinajstić information content (AvgIpc) is 2.81. The summed E-state index contributed by atoms with van der Waals surface area (Å²) in [5, 5.41) is 1.13. The molecule has 1 fully saturated rings. The van der Waals surface area contributed by atoms with Gasteiger partial charge in [0.2, 0.25) is 5.88 Å². The Balaban J connectivity index is 2.09. The molecule has 2 rings (SSSR count). The highest BCUT2D eigenvalue weighted by Crippen LogP contribution is 2.33. The molecule has 4 nitrogen and oxygen atoms in total. The summed E-state index contributed by atoms with van der Waals surface area (Å²) in [7, 11) is 0. The Bertz CT molecular complexity index is 361. The summed E-state index contributed by atoms with van der Waals surface area (Å²) in [6, 6.07) is 0. The zero-order chi connectivity index (χ0) is 12.8. The molecule has 1 aliphatic rings. The molecule has 0 unspecified atom stereocenters. The van der Waals surface area contributed by atoms with Crippen molar-refractivity contribution in [1.29, 1.82) is 0 Å². The van der Waals surface area contributed by atoms with E-state index in [1.807, 2.05) is 6.92 Å². The van der Waals surface area contributed by atoms with Crippen molar-refractivity contribution in [3.8, 4) is 5.88 Å². The molecule has 102 valence electrons. The van der Waals surface area contributed by atoms with Gasteiger partial charge in [0.1, 0.15) is 0 Å². The zero-order valence-electron chi connectivity index (χ0n) is 11.2. The summed E-state index contributed by atoms with van der Waals surface area (Å²) in [4.78, 5) is 8.30. The number of rotatable bonds is 6. The van der Waals surface area contributed by atoms with E-state index in [9.17, 15) is 0 Å². The molecule has 0 aliphatic carbocycles. The van der Waals surface area contributed by atoms with E-state index < -0.39 is 0 Å². The van der Waals surface area contributed by atoms with Crippen LogP contribution >= 0.6 is 11.3 Å². The summed E-state index contributed by atoms with van der Waals surface area (Å²) in [6.07, 6.45) is 5.89. The van der Waals surface area contributed by atoms with Gasteiger partial charge in [0, 0.05) is 13.1 Å². The highest BCUT2D eigenvalue weighted by molar-refractivity contribution is 7.15. The van der Waals surface area contributed by atoms with Crippen LogP contribution in [-0.4, -0.2) is 31.2 Å². The Kier molecular flexibility index (Phi) is 5.26. The van der Waals surface area contributed by atoms with Gasteiger partial charge in [-0.25, -0.2) is 0 Å². The minimum atomic E-state index is 0.679. The fraction of sp³-hybridized carbons (Fsp3) is 0.769. The lowest BCUT2D eigenvalue weighted by atomic mass is 10.1. The lowest BCUT2D eigenvalue weighted by Crippen LogP contribution is -2.29. The maximum atomic E-state index is 5.64. The molecule has 5 heteroatoms. The maximum absolute atomic E-state index is 5.64. The molecule has 1 aromatic heterocycles. The predicted octanol–water partition coefficient (Wildman–Crippen LogP) is 2.42. The number of nitrogens with two attached hydrogens (primary N) is 1. The third-order valence-electron chi connectivity index (χ3n) is 3.17. The highest BCUT2D eigenvalue weighted by atomic mass is 32.1. The summed E-state index contributed by atoms with van der Waals surface area (Å²) in [5.41, 5.74) is 5.58. The SMILES string of the molecule is CCOc1nc(N2CCCCC2)sc1CCCN. The van der Waals surface area contributed by atoms with Gasteiger partial charge in [-0.2, -0.15) is 4.98 Å². The molecule has 0 bridgehead atoms. The van der Waals surface area contributed by atoms with Crippen LogP contribution in [-0.2, 0) is 6.42 Å². The minimum Gasteiger partial charge on any atom is -0.477 e. The van der Waals surface area contributed by atoms with E-state index in [0.29, 0.717) is 6.61 Å². The molecule has 0 radical (unpaired) electrons. The van der Waals surface area contributed by atoms with Crippen molar-refractivity contribution in [2.45, 2.75) is 39.0 Å². The van der Waals surface area contributed by atoms with Crippen LogP contribution in [0.25, 0.3) is 0 Å². The number of aromatic nitrogens is 1. The first-order chi connectivity index (χ1) is 8.85. The molecule has 18 heavy (non-hydrogen) atoms. The van der Waals surface area contributed by atoms with Crippen LogP contribution in [0.15, 0.2) is 0 Å². The summed E-state index contributed by atoms with van der Waals surface area (Å²) in [5.74, 6) is 0.830. The van der Waals surface area contributed by atoms with E-state index >= 15 is 0 Å². The first kappa shape index (κ1) is 13.6. The number of hydrogen-bond acceptors (Lipinski definition) is 5. The Morgan fingerprint density at radius 1 is 1.33 bits per heavy atom. The smallest absolute Gasteiger partial charge is 0.229 e. The van der Waals surface area contributed by atoms with Crippen molar-refractivity contribution in [1.82, 2.24) is 4.98 Å². The van der Waals surface area contributed by atoms with Gasteiger partial charge in [-0.3, -0.25) is 0 Å². The van der Waals surface area contributed by atoms with Gasteiger partial charge in [0.15, 0.2) is 5.13 Å². The van der Waals surface area contributed by atoms with Gasteiger partial charge >= 0.3 is 0 Å².